The van der Waals surface area contributed by atoms with Gasteiger partial charge < -0.3 is 5.11 Å². The van der Waals surface area contributed by atoms with Crippen LogP contribution in [0.25, 0.3) is 10.9 Å². The van der Waals surface area contributed by atoms with Gasteiger partial charge in [-0.05, 0) is 28.1 Å². The van der Waals surface area contributed by atoms with Crippen LogP contribution in [-0.4, -0.2) is 10.1 Å². The second kappa shape index (κ2) is 3.41. The zero-order valence-corrected chi connectivity index (χ0v) is 9.00. The van der Waals surface area contributed by atoms with Crippen LogP contribution in [0.3, 0.4) is 0 Å². The summed E-state index contributed by atoms with van der Waals surface area (Å²) in [6, 6.07) is 7.44. The van der Waals surface area contributed by atoms with E-state index in [0.717, 1.165) is 0 Å². The lowest BCUT2D eigenvalue weighted by Gasteiger charge is -2.08. The molecular weight excluding hydrogens is 268 g/mol. The van der Waals surface area contributed by atoms with E-state index in [4.69, 9.17) is 0 Å². The number of aromatic hydroxyl groups is 1. The number of benzene rings is 1. The molecule has 2 rings (SSSR count). The minimum Gasteiger partial charge on any atom is -0.506 e. The molecule has 0 aliphatic rings. The molecule has 78 valence electrons. The number of aromatic nitrogens is 1. The summed E-state index contributed by atoms with van der Waals surface area (Å²) < 4.78 is 25.8. The molecule has 0 fully saturated rings. The maximum Gasteiger partial charge on any atom is 0.343 e. The van der Waals surface area contributed by atoms with Crippen LogP contribution in [0.1, 0.15) is 5.69 Å². The highest BCUT2D eigenvalue weighted by molar-refractivity contribution is 9.09. The Kier molecular flexibility index (Phi) is 2.34. The van der Waals surface area contributed by atoms with E-state index in [-0.39, 0.29) is 11.3 Å². The van der Waals surface area contributed by atoms with E-state index in [2.05, 4.69) is 20.9 Å². The molecule has 0 spiro atoms. The molecule has 0 atom stereocenters. The number of phenols is 1. The summed E-state index contributed by atoms with van der Waals surface area (Å²) in [5, 5.41) is 10.1. The molecule has 2 nitrogen and oxygen atoms in total. The van der Waals surface area contributed by atoms with Crippen molar-refractivity contribution in [2.45, 2.75) is 4.83 Å². The number of rotatable bonds is 1. The molecule has 1 heterocycles. The van der Waals surface area contributed by atoms with Gasteiger partial charge in [-0.15, -0.1) is 0 Å². The fourth-order valence-electron chi connectivity index (χ4n) is 1.29. The van der Waals surface area contributed by atoms with E-state index >= 15 is 0 Å². The number of nitrogens with zero attached hydrogens (tertiary/aromatic N) is 1. The Labute approximate surface area is 92.7 Å². The third kappa shape index (κ3) is 1.92. The minimum absolute atomic E-state index is 0.105. The van der Waals surface area contributed by atoms with Gasteiger partial charge in [0.05, 0.1) is 0 Å². The van der Waals surface area contributed by atoms with Gasteiger partial charge in [-0.25, -0.2) is 4.98 Å². The molecule has 1 aromatic heterocycles. The van der Waals surface area contributed by atoms with Crippen LogP contribution in [0.2, 0.25) is 0 Å². The topological polar surface area (TPSA) is 33.1 Å². The van der Waals surface area contributed by atoms with Gasteiger partial charge in [-0.1, -0.05) is 18.2 Å². The van der Waals surface area contributed by atoms with Crippen LogP contribution in [0.4, 0.5) is 8.78 Å². The molecule has 0 unspecified atom stereocenters. The molecule has 0 saturated heterocycles. The SMILES string of the molecule is Oc1cccc2ccc(C(F)(F)Br)nc12. The quantitative estimate of drug-likeness (QED) is 0.808. The Balaban J connectivity index is 2.70. The van der Waals surface area contributed by atoms with Gasteiger partial charge in [-0.2, -0.15) is 8.78 Å². The van der Waals surface area contributed by atoms with Crippen molar-refractivity contribution in [2.24, 2.45) is 0 Å². The zero-order valence-electron chi connectivity index (χ0n) is 7.42. The molecule has 1 aromatic carbocycles. The van der Waals surface area contributed by atoms with Gasteiger partial charge in [0.15, 0.2) is 0 Å². The first kappa shape index (κ1) is 10.3. The van der Waals surface area contributed by atoms with Crippen molar-refractivity contribution in [1.29, 1.82) is 0 Å². The van der Waals surface area contributed by atoms with E-state index < -0.39 is 10.5 Å². The van der Waals surface area contributed by atoms with Crippen LogP contribution < -0.4 is 0 Å². The van der Waals surface area contributed by atoms with Crippen LogP contribution in [0, 0.1) is 0 Å². The van der Waals surface area contributed by atoms with Crippen LogP contribution >= 0.6 is 15.9 Å². The number of pyridine rings is 1. The Bertz CT molecular complexity index is 510. The Morgan fingerprint density at radius 3 is 2.60 bits per heavy atom. The van der Waals surface area contributed by atoms with E-state index in [0.29, 0.717) is 5.39 Å². The van der Waals surface area contributed by atoms with Gasteiger partial charge in [0.25, 0.3) is 0 Å². The van der Waals surface area contributed by atoms with Crippen molar-refractivity contribution in [2.75, 3.05) is 0 Å². The molecule has 1 N–H and O–H groups in total. The number of fused-ring (bicyclic) bond motifs is 1. The number of halogens is 3. The predicted molar refractivity (Wildman–Crippen MR) is 56.2 cm³/mol. The first-order valence-electron chi connectivity index (χ1n) is 4.14. The lowest BCUT2D eigenvalue weighted by Crippen LogP contribution is -2.05. The largest absolute Gasteiger partial charge is 0.506 e. The summed E-state index contributed by atoms with van der Waals surface area (Å²) in [6.45, 7) is 0. The van der Waals surface area contributed by atoms with Crippen molar-refractivity contribution in [3.63, 3.8) is 0 Å². The Hall–Kier alpha value is -1.23. The summed E-state index contributed by atoms with van der Waals surface area (Å²) in [7, 11) is 0. The van der Waals surface area contributed by atoms with Crippen LogP contribution in [-0.2, 0) is 4.83 Å². The average molecular weight is 274 g/mol. The van der Waals surface area contributed by atoms with Gasteiger partial charge in [-0.3, -0.25) is 0 Å². The molecule has 0 amide bonds. The molecule has 0 saturated carbocycles. The number of phenolic OH excluding ortho intramolecular Hbond substituents is 1. The molecule has 2 aromatic rings. The highest BCUT2D eigenvalue weighted by Crippen LogP contribution is 2.35. The number of para-hydroxylation sites is 1. The van der Waals surface area contributed by atoms with E-state index in [1.807, 2.05) is 0 Å². The predicted octanol–water partition coefficient (Wildman–Crippen LogP) is 3.38. The fourth-order valence-corrected chi connectivity index (χ4v) is 1.51. The normalized spacial score (nSPS) is 11.9. The first-order chi connectivity index (χ1) is 6.98. The molecular formula is C10H6BrF2NO. The Morgan fingerprint density at radius 2 is 1.93 bits per heavy atom. The van der Waals surface area contributed by atoms with Gasteiger partial charge in [0, 0.05) is 5.39 Å². The second-order valence-electron chi connectivity index (χ2n) is 3.04. The second-order valence-corrected chi connectivity index (χ2v) is 4.04. The Morgan fingerprint density at radius 1 is 1.20 bits per heavy atom. The summed E-state index contributed by atoms with van der Waals surface area (Å²) >= 11 is 2.22. The first-order valence-corrected chi connectivity index (χ1v) is 4.94. The minimum atomic E-state index is -3.18. The molecule has 5 heteroatoms. The summed E-state index contributed by atoms with van der Waals surface area (Å²) in [5.41, 5.74) is -0.245. The lowest BCUT2D eigenvalue weighted by molar-refractivity contribution is 0.110. The van der Waals surface area contributed by atoms with Gasteiger partial charge in [0.2, 0.25) is 0 Å². The van der Waals surface area contributed by atoms with E-state index in [1.165, 1.54) is 18.2 Å². The molecule has 0 aliphatic heterocycles. The van der Waals surface area contributed by atoms with Gasteiger partial charge in [0.1, 0.15) is 17.0 Å². The monoisotopic (exact) mass is 273 g/mol. The van der Waals surface area contributed by atoms with Crippen LogP contribution in [0.5, 0.6) is 5.75 Å². The molecule has 15 heavy (non-hydrogen) atoms. The maximum atomic E-state index is 12.9. The lowest BCUT2D eigenvalue weighted by atomic mass is 10.2. The van der Waals surface area contributed by atoms with Gasteiger partial charge >= 0.3 is 4.83 Å². The third-order valence-corrected chi connectivity index (χ3v) is 2.40. The zero-order chi connectivity index (χ0) is 11.1. The van der Waals surface area contributed by atoms with Crippen molar-refractivity contribution in [3.8, 4) is 5.75 Å². The standard InChI is InChI=1S/C10H6BrF2NO/c11-10(12,13)8-5-4-6-2-1-3-7(15)9(6)14-8/h1-5,15H. The molecule has 0 aliphatic carbocycles. The number of alkyl halides is 3. The van der Waals surface area contributed by atoms with Crippen LogP contribution in [0.15, 0.2) is 30.3 Å². The molecule has 0 radical (unpaired) electrons. The highest BCUT2D eigenvalue weighted by atomic mass is 79.9. The van der Waals surface area contributed by atoms with Crippen molar-refractivity contribution in [3.05, 3.63) is 36.0 Å². The summed E-state index contributed by atoms with van der Waals surface area (Å²) in [4.78, 5) is 0.522. The number of hydrogen-bond acceptors (Lipinski definition) is 2. The average Bonchev–Trinajstić information content (AvgIpc) is 2.16. The van der Waals surface area contributed by atoms with E-state index in [9.17, 15) is 13.9 Å². The van der Waals surface area contributed by atoms with Crippen molar-refractivity contribution in [1.82, 2.24) is 4.98 Å². The number of hydrogen-bond donors (Lipinski definition) is 1. The van der Waals surface area contributed by atoms with E-state index in [1.54, 1.807) is 12.1 Å². The third-order valence-electron chi connectivity index (χ3n) is 1.99. The van der Waals surface area contributed by atoms with Crippen molar-refractivity contribution < 1.29 is 13.9 Å². The summed E-state index contributed by atoms with van der Waals surface area (Å²) in [5.74, 6) is -0.105. The van der Waals surface area contributed by atoms with Crippen molar-refractivity contribution >= 4 is 26.8 Å². The molecule has 0 bridgehead atoms. The highest BCUT2D eigenvalue weighted by Gasteiger charge is 2.29. The summed E-state index contributed by atoms with van der Waals surface area (Å²) in [6.07, 6.45) is 0. The fraction of sp³-hybridized carbons (Fsp3) is 0.100. The maximum absolute atomic E-state index is 12.9. The smallest absolute Gasteiger partial charge is 0.343 e.